The van der Waals surface area contributed by atoms with Gasteiger partial charge in [0.25, 0.3) is 5.91 Å². The predicted molar refractivity (Wildman–Crippen MR) is 123 cm³/mol. The number of carbonyl (C=O) groups excluding carboxylic acids is 2. The number of hydrogen-bond donors (Lipinski definition) is 2. The minimum absolute atomic E-state index is 0.133. The number of nitrogens with one attached hydrogen (secondary N) is 2. The summed E-state index contributed by atoms with van der Waals surface area (Å²) in [6.07, 6.45) is 0. The highest BCUT2D eigenvalue weighted by Gasteiger charge is 2.17. The number of para-hydroxylation sites is 1. The monoisotopic (exact) mass is 464 g/mol. The molecule has 0 atom stereocenters. The fourth-order valence-electron chi connectivity index (χ4n) is 2.98. The molecule has 5 aromatic rings. The maximum absolute atomic E-state index is 12.6. The third-order valence-electron chi connectivity index (χ3n) is 4.48. The summed E-state index contributed by atoms with van der Waals surface area (Å²) in [6, 6.07) is 14.7. The molecule has 10 heteroatoms. The minimum Gasteiger partial charge on any atom is -0.458 e. The predicted octanol–water partition coefficient (Wildman–Crippen LogP) is 5.16. The number of benzene rings is 1. The van der Waals surface area contributed by atoms with Crippen molar-refractivity contribution in [2.75, 3.05) is 5.32 Å². The van der Waals surface area contributed by atoms with Crippen LogP contribution in [-0.4, -0.2) is 21.8 Å². The quantitative estimate of drug-likeness (QED) is 0.359. The molecule has 0 bridgehead atoms. The van der Waals surface area contributed by atoms with Gasteiger partial charge in [-0.25, -0.2) is 9.97 Å². The second-order valence-electron chi connectivity index (χ2n) is 6.82. The third kappa shape index (κ3) is 4.18. The van der Waals surface area contributed by atoms with Gasteiger partial charge in [0.2, 0.25) is 5.91 Å². The number of aromatic nitrogens is 2. The van der Waals surface area contributed by atoms with Crippen LogP contribution in [0, 0.1) is 0 Å². The first kappa shape index (κ1) is 20.2. The average Bonchev–Trinajstić information content (AvgIpc) is 3.57. The van der Waals surface area contributed by atoms with Crippen molar-refractivity contribution in [3.8, 4) is 22.2 Å². The van der Waals surface area contributed by atoms with Crippen molar-refractivity contribution < 1.29 is 18.4 Å². The van der Waals surface area contributed by atoms with Gasteiger partial charge in [0.05, 0.1) is 16.8 Å². The van der Waals surface area contributed by atoms with E-state index < -0.39 is 5.91 Å². The Labute approximate surface area is 189 Å². The van der Waals surface area contributed by atoms with Gasteiger partial charge < -0.3 is 14.2 Å². The van der Waals surface area contributed by atoms with E-state index in [1.165, 1.54) is 29.6 Å². The molecule has 0 aliphatic carbocycles. The Bertz CT molecular complexity index is 1400. The number of hydrogen-bond acceptors (Lipinski definition) is 8. The van der Waals surface area contributed by atoms with Gasteiger partial charge in [-0.15, -0.1) is 22.7 Å². The maximum atomic E-state index is 12.6. The van der Waals surface area contributed by atoms with Crippen LogP contribution in [0.3, 0.4) is 0 Å². The Balaban J connectivity index is 1.27. The van der Waals surface area contributed by atoms with Crippen molar-refractivity contribution >= 4 is 49.8 Å². The lowest BCUT2D eigenvalue weighted by Gasteiger charge is -1.98. The second kappa shape index (κ2) is 8.40. The van der Waals surface area contributed by atoms with Crippen molar-refractivity contribution in [3.63, 3.8) is 0 Å². The van der Waals surface area contributed by atoms with Crippen LogP contribution in [-0.2, 0) is 11.3 Å². The lowest BCUT2D eigenvalue weighted by atomic mass is 10.3. The molecule has 0 unspecified atom stereocenters. The fourth-order valence-corrected chi connectivity index (χ4v) is 4.60. The van der Waals surface area contributed by atoms with Gasteiger partial charge in [0, 0.05) is 12.3 Å². The molecule has 5 rings (SSSR count). The summed E-state index contributed by atoms with van der Waals surface area (Å²) < 4.78 is 12.5. The smallest absolute Gasteiger partial charge is 0.293 e. The molecule has 2 amide bonds. The molecule has 1 aromatic carbocycles. The van der Waals surface area contributed by atoms with Crippen LogP contribution in [0.4, 0.5) is 5.13 Å². The average molecular weight is 465 g/mol. The van der Waals surface area contributed by atoms with E-state index in [9.17, 15) is 9.59 Å². The van der Waals surface area contributed by atoms with E-state index in [0.29, 0.717) is 34.7 Å². The van der Waals surface area contributed by atoms with Crippen molar-refractivity contribution in [1.82, 2.24) is 15.3 Å². The van der Waals surface area contributed by atoms with E-state index in [2.05, 4.69) is 20.6 Å². The van der Waals surface area contributed by atoms with E-state index in [1.807, 2.05) is 24.3 Å². The number of thiazole rings is 2. The summed E-state index contributed by atoms with van der Waals surface area (Å²) in [5, 5.41) is 8.34. The summed E-state index contributed by atoms with van der Waals surface area (Å²) in [4.78, 5) is 32.6. The van der Waals surface area contributed by atoms with Gasteiger partial charge >= 0.3 is 0 Å². The number of anilines is 1. The summed E-state index contributed by atoms with van der Waals surface area (Å²) in [5.41, 5.74) is 1.48. The van der Waals surface area contributed by atoms with Gasteiger partial charge in [-0.1, -0.05) is 12.1 Å². The molecule has 0 aliphatic heterocycles. The van der Waals surface area contributed by atoms with Crippen LogP contribution < -0.4 is 10.6 Å². The van der Waals surface area contributed by atoms with Crippen molar-refractivity contribution in [1.29, 1.82) is 0 Å². The molecule has 4 aromatic heterocycles. The molecule has 0 saturated heterocycles. The summed E-state index contributed by atoms with van der Waals surface area (Å²) in [5.74, 6) is 1.35. The van der Waals surface area contributed by atoms with E-state index in [0.717, 1.165) is 15.2 Å². The first-order chi connectivity index (χ1) is 15.5. The summed E-state index contributed by atoms with van der Waals surface area (Å²) in [7, 11) is 0. The molecule has 0 saturated carbocycles. The lowest BCUT2D eigenvalue weighted by molar-refractivity contribution is -0.119. The van der Waals surface area contributed by atoms with E-state index in [4.69, 9.17) is 8.83 Å². The largest absolute Gasteiger partial charge is 0.458 e. The number of amides is 2. The molecule has 2 N–H and O–H groups in total. The molecule has 0 spiro atoms. The highest BCUT2D eigenvalue weighted by molar-refractivity contribution is 7.21. The van der Waals surface area contributed by atoms with Crippen LogP contribution in [0.15, 0.2) is 62.7 Å². The summed E-state index contributed by atoms with van der Waals surface area (Å²) >= 11 is 2.78. The first-order valence-corrected chi connectivity index (χ1v) is 11.3. The molecular weight excluding hydrogens is 448 g/mol. The van der Waals surface area contributed by atoms with E-state index in [1.54, 1.807) is 29.6 Å². The molecule has 4 heterocycles. The van der Waals surface area contributed by atoms with Crippen molar-refractivity contribution in [3.05, 3.63) is 65.4 Å². The summed E-state index contributed by atoms with van der Waals surface area (Å²) in [6.45, 7) is 1.75. The van der Waals surface area contributed by atoms with Gasteiger partial charge in [-0.2, -0.15) is 0 Å². The number of furan rings is 2. The fraction of sp³-hybridized carbons (Fsp3) is 0.0909. The maximum Gasteiger partial charge on any atom is 0.293 e. The molecule has 0 aliphatic rings. The van der Waals surface area contributed by atoms with Gasteiger partial charge in [0.1, 0.15) is 11.5 Å². The zero-order valence-corrected chi connectivity index (χ0v) is 18.4. The molecule has 8 nitrogen and oxygen atoms in total. The normalized spacial score (nSPS) is 11.0. The zero-order chi connectivity index (χ0) is 22.1. The third-order valence-corrected chi connectivity index (χ3v) is 6.29. The minimum atomic E-state index is -0.399. The molecule has 32 heavy (non-hydrogen) atoms. The highest BCUT2D eigenvalue weighted by Crippen LogP contribution is 2.32. The van der Waals surface area contributed by atoms with E-state index in [-0.39, 0.29) is 11.7 Å². The van der Waals surface area contributed by atoms with Crippen molar-refractivity contribution in [2.24, 2.45) is 0 Å². The van der Waals surface area contributed by atoms with Crippen LogP contribution in [0.5, 0.6) is 0 Å². The molecule has 160 valence electrons. The van der Waals surface area contributed by atoms with Crippen molar-refractivity contribution in [2.45, 2.75) is 13.5 Å². The molecular formula is C22H16N4O4S2. The standard InChI is InChI=1S/C22H16N4O4S2/c1-12(27)23-10-13-6-7-16(29-13)15-11-31-22(25-15)26-20(28)17-8-9-18(30-17)21-24-14-4-2-3-5-19(14)32-21/h2-9,11H,10H2,1H3,(H,23,27)(H,25,26,28). The SMILES string of the molecule is CC(=O)NCc1ccc(-c2csc(NC(=O)c3ccc(-c4nc5ccccc5s4)o3)n2)o1. The lowest BCUT2D eigenvalue weighted by Crippen LogP contribution is -2.18. The Morgan fingerprint density at radius 2 is 1.84 bits per heavy atom. The highest BCUT2D eigenvalue weighted by atomic mass is 32.1. The van der Waals surface area contributed by atoms with Gasteiger partial charge in [-0.05, 0) is 36.4 Å². The zero-order valence-electron chi connectivity index (χ0n) is 16.7. The second-order valence-corrected chi connectivity index (χ2v) is 8.71. The molecule has 0 radical (unpaired) electrons. The van der Waals surface area contributed by atoms with Gasteiger partial charge in [-0.3, -0.25) is 14.9 Å². The Morgan fingerprint density at radius 1 is 1.00 bits per heavy atom. The van der Waals surface area contributed by atoms with E-state index >= 15 is 0 Å². The van der Waals surface area contributed by atoms with Crippen LogP contribution in [0.1, 0.15) is 23.2 Å². The Kier molecular flexibility index (Phi) is 5.29. The number of nitrogens with zero attached hydrogens (tertiary/aromatic N) is 2. The van der Waals surface area contributed by atoms with Crippen LogP contribution in [0.2, 0.25) is 0 Å². The Morgan fingerprint density at radius 3 is 2.69 bits per heavy atom. The number of carbonyl (C=O) groups is 2. The van der Waals surface area contributed by atoms with Crippen LogP contribution >= 0.6 is 22.7 Å². The topological polar surface area (TPSA) is 110 Å². The van der Waals surface area contributed by atoms with Crippen LogP contribution in [0.25, 0.3) is 32.4 Å². The molecule has 0 fully saturated rings. The first-order valence-electron chi connectivity index (χ1n) is 9.61. The van der Waals surface area contributed by atoms with Gasteiger partial charge in [0.15, 0.2) is 27.4 Å². The number of rotatable bonds is 6. The number of fused-ring (bicyclic) bond motifs is 1. The Hall–Kier alpha value is -3.76.